The summed E-state index contributed by atoms with van der Waals surface area (Å²) in [6.07, 6.45) is 1.35. The standard InChI is InChI=1S/C17H21N3O6S/c1-10(2)15(20-16(21)13-5-4-8-26-13)17(22)19-11-6-7-12(25-3)14(9-11)27(18,23)24/h4-10,15H,1-3H3,(H,19,22)(H,20,21)(H2,18,23,24)/t15-/m0/s1. The maximum absolute atomic E-state index is 12.6. The summed E-state index contributed by atoms with van der Waals surface area (Å²) in [6, 6.07) is 6.20. The van der Waals surface area contributed by atoms with Crippen LogP contribution in [0.3, 0.4) is 0 Å². The highest BCUT2D eigenvalue weighted by atomic mass is 32.2. The quantitative estimate of drug-likeness (QED) is 0.646. The second-order valence-corrected chi connectivity index (χ2v) is 7.60. The molecule has 10 heteroatoms. The number of primary sulfonamides is 1. The number of benzene rings is 1. The average molecular weight is 395 g/mol. The molecule has 0 aliphatic heterocycles. The van der Waals surface area contributed by atoms with Gasteiger partial charge in [0.15, 0.2) is 5.76 Å². The fourth-order valence-corrected chi connectivity index (χ4v) is 3.07. The number of furan rings is 1. The zero-order valence-electron chi connectivity index (χ0n) is 15.1. The number of sulfonamides is 1. The van der Waals surface area contributed by atoms with Crippen molar-refractivity contribution in [2.24, 2.45) is 11.1 Å². The number of hydrogen-bond acceptors (Lipinski definition) is 6. The highest BCUT2D eigenvalue weighted by Gasteiger charge is 2.26. The second-order valence-electron chi connectivity index (χ2n) is 6.07. The number of rotatable bonds is 7. The topological polar surface area (TPSA) is 141 Å². The van der Waals surface area contributed by atoms with E-state index in [1.54, 1.807) is 19.9 Å². The lowest BCUT2D eigenvalue weighted by Gasteiger charge is -2.21. The molecule has 146 valence electrons. The Hall–Kier alpha value is -2.85. The lowest BCUT2D eigenvalue weighted by Crippen LogP contribution is -2.47. The van der Waals surface area contributed by atoms with Crippen LogP contribution in [0.1, 0.15) is 24.4 Å². The van der Waals surface area contributed by atoms with Crippen molar-refractivity contribution in [2.75, 3.05) is 12.4 Å². The van der Waals surface area contributed by atoms with Crippen LogP contribution in [0.5, 0.6) is 5.75 Å². The normalized spacial score (nSPS) is 12.5. The summed E-state index contributed by atoms with van der Waals surface area (Å²) in [5.41, 5.74) is 0.197. The van der Waals surface area contributed by atoms with E-state index in [0.717, 1.165) is 0 Å². The SMILES string of the molecule is COc1ccc(NC(=O)[C@@H](NC(=O)c2ccco2)C(C)C)cc1S(N)(=O)=O. The minimum Gasteiger partial charge on any atom is -0.495 e. The van der Waals surface area contributed by atoms with Crippen molar-refractivity contribution in [2.45, 2.75) is 24.8 Å². The van der Waals surface area contributed by atoms with Gasteiger partial charge >= 0.3 is 0 Å². The fraction of sp³-hybridized carbons (Fsp3) is 0.294. The second kappa shape index (κ2) is 8.23. The van der Waals surface area contributed by atoms with E-state index in [-0.39, 0.29) is 28.0 Å². The largest absolute Gasteiger partial charge is 0.495 e. The monoisotopic (exact) mass is 395 g/mol. The van der Waals surface area contributed by atoms with Crippen LogP contribution in [0.15, 0.2) is 45.9 Å². The van der Waals surface area contributed by atoms with E-state index in [2.05, 4.69) is 10.6 Å². The first-order valence-electron chi connectivity index (χ1n) is 7.99. The van der Waals surface area contributed by atoms with E-state index in [9.17, 15) is 18.0 Å². The van der Waals surface area contributed by atoms with Gasteiger partial charge in [-0.25, -0.2) is 13.6 Å². The van der Waals surface area contributed by atoms with Gasteiger partial charge in [-0.2, -0.15) is 0 Å². The van der Waals surface area contributed by atoms with Crippen molar-refractivity contribution in [3.8, 4) is 5.75 Å². The summed E-state index contributed by atoms with van der Waals surface area (Å²) in [5.74, 6) is -1.15. The molecule has 0 spiro atoms. The number of carbonyl (C=O) groups excluding carboxylic acids is 2. The van der Waals surface area contributed by atoms with Crippen molar-refractivity contribution in [1.29, 1.82) is 0 Å². The van der Waals surface area contributed by atoms with Gasteiger partial charge in [0, 0.05) is 5.69 Å². The molecule has 4 N–H and O–H groups in total. The predicted octanol–water partition coefficient (Wildman–Crippen LogP) is 1.33. The molecule has 1 aromatic heterocycles. The molecule has 9 nitrogen and oxygen atoms in total. The Morgan fingerprint density at radius 2 is 1.93 bits per heavy atom. The first-order chi connectivity index (χ1) is 12.6. The number of ether oxygens (including phenoxy) is 1. The fourth-order valence-electron chi connectivity index (χ4n) is 2.35. The van der Waals surface area contributed by atoms with Gasteiger partial charge < -0.3 is 19.8 Å². The Morgan fingerprint density at radius 3 is 2.44 bits per heavy atom. The van der Waals surface area contributed by atoms with Crippen molar-refractivity contribution in [3.05, 3.63) is 42.4 Å². The minimum absolute atomic E-state index is 0.0574. The van der Waals surface area contributed by atoms with Gasteiger partial charge in [0.1, 0.15) is 16.7 Å². The molecule has 0 saturated heterocycles. The van der Waals surface area contributed by atoms with Crippen LogP contribution in [0, 0.1) is 5.92 Å². The maximum atomic E-state index is 12.6. The molecule has 2 aromatic rings. The molecular formula is C17H21N3O6S. The van der Waals surface area contributed by atoms with Crippen LogP contribution in [0.25, 0.3) is 0 Å². The third-order valence-electron chi connectivity index (χ3n) is 3.72. The Bertz CT molecular complexity index is 922. The Morgan fingerprint density at radius 1 is 1.22 bits per heavy atom. The van der Waals surface area contributed by atoms with Crippen LogP contribution >= 0.6 is 0 Å². The molecule has 1 heterocycles. The average Bonchev–Trinajstić information content (AvgIpc) is 3.13. The molecule has 0 aliphatic carbocycles. The van der Waals surface area contributed by atoms with Gasteiger partial charge in [-0.1, -0.05) is 13.8 Å². The first kappa shape index (κ1) is 20.5. The van der Waals surface area contributed by atoms with Crippen molar-refractivity contribution < 1.29 is 27.2 Å². The Kier molecular flexibility index (Phi) is 6.24. The zero-order chi connectivity index (χ0) is 20.2. The summed E-state index contributed by atoms with van der Waals surface area (Å²) in [6.45, 7) is 3.52. The van der Waals surface area contributed by atoms with Gasteiger partial charge in [0.05, 0.1) is 13.4 Å². The van der Waals surface area contributed by atoms with E-state index in [1.807, 2.05) is 0 Å². The summed E-state index contributed by atoms with van der Waals surface area (Å²) < 4.78 is 33.4. The highest BCUT2D eigenvalue weighted by Crippen LogP contribution is 2.26. The van der Waals surface area contributed by atoms with E-state index >= 15 is 0 Å². The van der Waals surface area contributed by atoms with Crippen molar-refractivity contribution in [1.82, 2.24) is 5.32 Å². The predicted molar refractivity (Wildman–Crippen MR) is 97.8 cm³/mol. The maximum Gasteiger partial charge on any atom is 0.287 e. The van der Waals surface area contributed by atoms with E-state index in [4.69, 9.17) is 14.3 Å². The molecule has 0 aliphatic rings. The smallest absolute Gasteiger partial charge is 0.287 e. The Balaban J connectivity index is 2.21. The van der Waals surface area contributed by atoms with Crippen LogP contribution in [-0.4, -0.2) is 33.4 Å². The summed E-state index contributed by atoms with van der Waals surface area (Å²) in [4.78, 5) is 24.5. The number of anilines is 1. The zero-order valence-corrected chi connectivity index (χ0v) is 15.9. The lowest BCUT2D eigenvalue weighted by atomic mass is 10.0. The summed E-state index contributed by atoms with van der Waals surface area (Å²) in [7, 11) is -2.74. The number of nitrogens with one attached hydrogen (secondary N) is 2. The van der Waals surface area contributed by atoms with Gasteiger partial charge in [-0.3, -0.25) is 9.59 Å². The van der Waals surface area contributed by atoms with E-state index in [0.29, 0.717) is 0 Å². The van der Waals surface area contributed by atoms with Crippen LogP contribution in [0.2, 0.25) is 0 Å². The number of amides is 2. The number of methoxy groups -OCH3 is 1. The summed E-state index contributed by atoms with van der Waals surface area (Å²) >= 11 is 0. The number of carbonyl (C=O) groups is 2. The third-order valence-corrected chi connectivity index (χ3v) is 4.65. The molecule has 1 atom stereocenters. The van der Waals surface area contributed by atoms with Gasteiger partial charge in [0.25, 0.3) is 5.91 Å². The van der Waals surface area contributed by atoms with Gasteiger partial charge in [0.2, 0.25) is 15.9 Å². The molecule has 1 aromatic carbocycles. The summed E-state index contributed by atoms with van der Waals surface area (Å²) in [5, 5.41) is 10.3. The van der Waals surface area contributed by atoms with Gasteiger partial charge in [-0.15, -0.1) is 0 Å². The number of hydrogen-bond donors (Lipinski definition) is 3. The molecule has 2 rings (SSSR count). The highest BCUT2D eigenvalue weighted by molar-refractivity contribution is 7.89. The molecular weight excluding hydrogens is 374 g/mol. The molecule has 2 amide bonds. The van der Waals surface area contributed by atoms with E-state index < -0.39 is 27.9 Å². The molecule has 0 radical (unpaired) electrons. The first-order valence-corrected chi connectivity index (χ1v) is 9.54. The molecule has 27 heavy (non-hydrogen) atoms. The lowest BCUT2D eigenvalue weighted by molar-refractivity contribution is -0.118. The third kappa shape index (κ3) is 5.08. The molecule has 0 saturated carbocycles. The molecule has 0 bridgehead atoms. The van der Waals surface area contributed by atoms with Crippen LogP contribution in [0.4, 0.5) is 5.69 Å². The van der Waals surface area contributed by atoms with Crippen molar-refractivity contribution in [3.63, 3.8) is 0 Å². The number of nitrogens with two attached hydrogens (primary N) is 1. The van der Waals surface area contributed by atoms with E-state index in [1.165, 1.54) is 37.6 Å². The van der Waals surface area contributed by atoms with Crippen LogP contribution < -0.4 is 20.5 Å². The molecule has 0 fully saturated rings. The van der Waals surface area contributed by atoms with Gasteiger partial charge in [-0.05, 0) is 36.2 Å². The van der Waals surface area contributed by atoms with Crippen molar-refractivity contribution >= 4 is 27.5 Å². The molecule has 0 unspecified atom stereocenters. The minimum atomic E-state index is -4.05. The van der Waals surface area contributed by atoms with Crippen LogP contribution in [-0.2, 0) is 14.8 Å². The Labute approximate surface area is 156 Å².